The van der Waals surface area contributed by atoms with Crippen LogP contribution in [0.4, 0.5) is 4.79 Å². The lowest BCUT2D eigenvalue weighted by molar-refractivity contribution is -0.225. The Bertz CT molecular complexity index is 2130. The Kier molecular flexibility index (Phi) is 26.9. The number of unbranched alkanes of at least 4 members (excludes halogenated alkanes) is 7. The fourth-order valence-electron chi connectivity index (χ4n) is 14.9. The normalized spacial score (nSPS) is 28.9. The summed E-state index contributed by atoms with van der Waals surface area (Å²) >= 11 is 0. The van der Waals surface area contributed by atoms with E-state index in [1.54, 1.807) is 4.68 Å². The number of hydrogen-bond acceptors (Lipinski definition) is 16. The summed E-state index contributed by atoms with van der Waals surface area (Å²) in [7, 11) is 0. The molecule has 9 N–H and O–H groups in total. The topological polar surface area (TPSA) is 297 Å². The van der Waals surface area contributed by atoms with E-state index in [1.807, 2.05) is 18.0 Å². The number of carbonyl (C=O) groups is 6. The first-order valence-electron chi connectivity index (χ1n) is 31.4. The number of amides is 4. The molecule has 0 radical (unpaired) electrons. The van der Waals surface area contributed by atoms with Gasteiger partial charge in [0.2, 0.25) is 11.8 Å². The number of rotatable bonds is 37. The first-order chi connectivity index (χ1) is 39.0. The highest BCUT2D eigenvalue weighted by Gasteiger charge is 2.68. The number of esters is 3. The number of nitrogens with one attached hydrogen (secondary N) is 3. The molecule has 1 aromatic heterocycles. The fourth-order valence-corrected chi connectivity index (χ4v) is 14.9. The van der Waals surface area contributed by atoms with Gasteiger partial charge in [-0.15, -0.1) is 5.10 Å². The Morgan fingerprint density at radius 1 is 0.790 bits per heavy atom. The molecule has 4 aliphatic carbocycles. The zero-order valence-corrected chi connectivity index (χ0v) is 50.0. The highest BCUT2D eigenvalue weighted by atomic mass is 16.6. The Labute approximate surface area is 482 Å². The molecule has 1 aliphatic heterocycles. The summed E-state index contributed by atoms with van der Waals surface area (Å²) in [6.07, 6.45) is 18.4. The molecule has 21 heteroatoms. The van der Waals surface area contributed by atoms with Crippen LogP contribution in [0, 0.1) is 46.3 Å². The van der Waals surface area contributed by atoms with E-state index in [0.29, 0.717) is 91.1 Å². The second kappa shape index (κ2) is 33.2. The van der Waals surface area contributed by atoms with Gasteiger partial charge in [-0.3, -0.25) is 24.0 Å². The molecule has 460 valence electrons. The molecule has 2 heterocycles. The van der Waals surface area contributed by atoms with Gasteiger partial charge in [-0.2, -0.15) is 0 Å². The predicted molar refractivity (Wildman–Crippen MR) is 307 cm³/mol. The molecule has 5 fully saturated rings. The van der Waals surface area contributed by atoms with Crippen LogP contribution in [-0.2, 0) is 60.7 Å². The lowest BCUT2D eigenvalue weighted by Gasteiger charge is -2.64. The third kappa shape index (κ3) is 18.8. The smallest absolute Gasteiger partial charge is 0.315 e. The molecule has 5 aliphatic rings. The summed E-state index contributed by atoms with van der Waals surface area (Å²) in [5.41, 5.74) is 17.6. The zero-order chi connectivity index (χ0) is 58.4. The summed E-state index contributed by atoms with van der Waals surface area (Å²) in [5, 5.41) is 17.5. The van der Waals surface area contributed by atoms with Crippen LogP contribution < -0.4 is 33.2 Å². The molecule has 4 saturated carbocycles. The number of hydrogen-bond donors (Lipinski definition) is 6. The van der Waals surface area contributed by atoms with Crippen molar-refractivity contribution in [1.82, 2.24) is 35.8 Å². The van der Waals surface area contributed by atoms with Crippen molar-refractivity contribution in [3.8, 4) is 0 Å². The van der Waals surface area contributed by atoms with Gasteiger partial charge in [-0.1, -0.05) is 77.9 Å². The minimum absolute atomic E-state index is 0.0100. The summed E-state index contributed by atoms with van der Waals surface area (Å²) in [6, 6.07) is 0.170. The molecule has 0 bridgehead atoms. The van der Waals surface area contributed by atoms with E-state index in [9.17, 15) is 28.8 Å². The molecule has 1 aromatic rings. The third-order valence-electron chi connectivity index (χ3n) is 19.3. The van der Waals surface area contributed by atoms with E-state index in [2.05, 4.69) is 54.0 Å². The summed E-state index contributed by atoms with van der Waals surface area (Å²) < 4.78 is 32.3. The Balaban J connectivity index is 1.02. The molecular formula is C60H104N10O11. The van der Waals surface area contributed by atoms with Gasteiger partial charge in [0, 0.05) is 62.9 Å². The van der Waals surface area contributed by atoms with Crippen molar-refractivity contribution in [2.75, 3.05) is 59.2 Å². The molecule has 0 spiro atoms. The first kappa shape index (κ1) is 65.7. The summed E-state index contributed by atoms with van der Waals surface area (Å²) in [4.78, 5) is 79.8. The van der Waals surface area contributed by atoms with Gasteiger partial charge in [0.1, 0.15) is 24.0 Å². The van der Waals surface area contributed by atoms with Crippen LogP contribution >= 0.6 is 0 Å². The van der Waals surface area contributed by atoms with Gasteiger partial charge in [0.05, 0.1) is 71.0 Å². The van der Waals surface area contributed by atoms with Crippen molar-refractivity contribution in [2.45, 2.75) is 226 Å². The van der Waals surface area contributed by atoms with E-state index >= 15 is 0 Å². The van der Waals surface area contributed by atoms with E-state index in [-0.39, 0.29) is 140 Å². The molecule has 0 unspecified atom stereocenters. The van der Waals surface area contributed by atoms with Crippen LogP contribution in [0.15, 0.2) is 6.20 Å². The number of ether oxygens (including phenoxy) is 5. The number of carbonyl (C=O) groups excluding carboxylic acids is 6. The summed E-state index contributed by atoms with van der Waals surface area (Å²) in [5.74, 6) is -0.202. The Hall–Kier alpha value is -4.44. The van der Waals surface area contributed by atoms with Gasteiger partial charge in [0.25, 0.3) is 0 Å². The van der Waals surface area contributed by atoms with Crippen LogP contribution in [0.5, 0.6) is 0 Å². The van der Waals surface area contributed by atoms with Crippen molar-refractivity contribution >= 4 is 35.8 Å². The number of aromatic nitrogens is 3. The highest BCUT2D eigenvalue weighted by Crippen LogP contribution is 2.69. The van der Waals surface area contributed by atoms with Gasteiger partial charge in [-0.25, -0.2) is 9.48 Å². The predicted octanol–water partition coefficient (Wildman–Crippen LogP) is 6.21. The van der Waals surface area contributed by atoms with Crippen LogP contribution in [0.3, 0.4) is 0 Å². The monoisotopic (exact) mass is 1140 g/mol. The Morgan fingerprint density at radius 3 is 2.20 bits per heavy atom. The largest absolute Gasteiger partial charge is 0.462 e. The average Bonchev–Trinajstić information content (AvgIpc) is 4.25. The lowest BCUT2D eigenvalue weighted by atomic mass is 9.43. The molecule has 81 heavy (non-hydrogen) atoms. The molecule has 21 nitrogen and oxygen atoms in total. The lowest BCUT2D eigenvalue weighted by Crippen LogP contribution is -2.63. The maximum Gasteiger partial charge on any atom is 0.315 e. The summed E-state index contributed by atoms with van der Waals surface area (Å²) in [6.45, 7) is 15.3. The molecule has 6 rings (SSSR count). The minimum Gasteiger partial charge on any atom is -0.462 e. The molecule has 1 saturated heterocycles. The van der Waals surface area contributed by atoms with E-state index in [1.165, 1.54) is 19.3 Å². The fraction of sp³-hybridized carbons (Fsp3) is 0.867. The first-order valence-corrected chi connectivity index (χ1v) is 31.4. The molecular weight excluding hydrogens is 1040 g/mol. The van der Waals surface area contributed by atoms with Gasteiger partial charge in [-0.05, 0) is 113 Å². The molecule has 4 amide bonds. The number of urea groups is 1. The Morgan fingerprint density at radius 2 is 1.48 bits per heavy atom. The second-order valence-corrected chi connectivity index (χ2v) is 24.8. The number of fused-ring (bicyclic) bond motifs is 5. The SMILES string of the molecule is CCCCCCCCN(Cc1cn(CCOCCOCCNC(=O)CCCCC[C@H]2NC(=O)N[C@H]2C)nn1)C(=O)CC[C@@H](C)[C@H]1CC[C@H]2[C@@H]3[C@H](OC(=O)CCN)C[C@@H]4C[C@H](OC(=O)CCN)CC[C@]4(C)[C@H]3C[C@H](OC(=O)CCN)[C@]12C. The maximum absolute atomic E-state index is 14.5. The molecule has 13 atom stereocenters. The maximum atomic E-state index is 14.5. The van der Waals surface area contributed by atoms with Crippen molar-refractivity contribution in [3.63, 3.8) is 0 Å². The van der Waals surface area contributed by atoms with E-state index in [4.69, 9.17) is 40.9 Å². The van der Waals surface area contributed by atoms with Crippen LogP contribution in [0.1, 0.15) is 188 Å². The molecule has 0 aromatic carbocycles. The van der Waals surface area contributed by atoms with Crippen LogP contribution in [-0.4, -0.2) is 145 Å². The van der Waals surface area contributed by atoms with E-state index < -0.39 is 11.5 Å². The van der Waals surface area contributed by atoms with Crippen molar-refractivity contribution in [3.05, 3.63) is 11.9 Å². The zero-order valence-electron chi connectivity index (χ0n) is 50.0. The van der Waals surface area contributed by atoms with Gasteiger partial charge < -0.3 is 61.7 Å². The van der Waals surface area contributed by atoms with Crippen molar-refractivity contribution in [1.29, 1.82) is 0 Å². The minimum atomic E-state index is -0.450. The quantitative estimate of drug-likeness (QED) is 0.0245. The van der Waals surface area contributed by atoms with Gasteiger partial charge >= 0.3 is 23.9 Å². The van der Waals surface area contributed by atoms with Gasteiger partial charge in [0.15, 0.2) is 0 Å². The van der Waals surface area contributed by atoms with Crippen LogP contribution in [0.25, 0.3) is 0 Å². The van der Waals surface area contributed by atoms with Crippen molar-refractivity contribution in [2.24, 2.45) is 63.5 Å². The third-order valence-corrected chi connectivity index (χ3v) is 19.3. The number of nitrogens with zero attached hydrogens (tertiary/aromatic N) is 4. The highest BCUT2D eigenvalue weighted by molar-refractivity contribution is 5.77. The number of nitrogens with two attached hydrogens (primary N) is 3. The van der Waals surface area contributed by atoms with E-state index in [0.717, 1.165) is 76.3 Å². The van der Waals surface area contributed by atoms with Crippen LogP contribution in [0.2, 0.25) is 0 Å². The van der Waals surface area contributed by atoms with Crippen molar-refractivity contribution < 1.29 is 52.5 Å². The standard InChI is InChI=1S/C60H104N10O11/c1-6-7-8-9-10-14-30-69(39-44-40-70(68-67-44)31-33-78-35-34-77-32-29-64-52(71)16-13-11-12-15-49-42(3)65-58(76)66-49)53(72)20-17-41(2)46-18-19-47-57-48(38-51(60(46,47)5)81-56(75)24-28-63)59(4)25-21-45(79-54(73)22-26-61)36-43(59)37-50(57)80-55(74)23-27-62/h40-43,45-51,57H,6-39,61-63H2,1-5H3,(H,64,71)(H2,65,66,76)/t41-,42+,43+,45-,46-,47+,48+,49-,50-,51+,57+,59+,60-/m1/s1. The average molecular weight is 1140 g/mol. The second-order valence-electron chi connectivity index (χ2n) is 24.8.